The fourth-order valence-electron chi connectivity index (χ4n) is 9.28. The van der Waals surface area contributed by atoms with Crippen LogP contribution in [0.4, 0.5) is 0 Å². The number of ether oxygens (including phenoxy) is 2. The van der Waals surface area contributed by atoms with Crippen molar-refractivity contribution < 1.29 is 18.3 Å². The van der Waals surface area contributed by atoms with Crippen LogP contribution in [0.2, 0.25) is 0 Å². The predicted octanol–water partition coefficient (Wildman–Crippen LogP) is 14.3. The van der Waals surface area contributed by atoms with Gasteiger partial charge in [-0.1, -0.05) is 48.5 Å². The van der Waals surface area contributed by atoms with Gasteiger partial charge in [0.1, 0.15) is 47.2 Å². The first-order valence-corrected chi connectivity index (χ1v) is 22.7. The van der Waals surface area contributed by atoms with Crippen molar-refractivity contribution in [3.63, 3.8) is 0 Å². The maximum absolute atomic E-state index is 6.77. The Morgan fingerprint density at radius 3 is 1.29 bits per heavy atom. The van der Waals surface area contributed by atoms with E-state index < -0.39 is 0 Å². The molecule has 0 saturated carbocycles. The van der Waals surface area contributed by atoms with E-state index in [1.54, 1.807) is 37.3 Å². The number of nitrogens with zero attached hydrogens (tertiary/aromatic N) is 8. The van der Waals surface area contributed by atoms with Gasteiger partial charge in [0.25, 0.3) is 0 Å². The minimum Gasteiger partial charge on any atom is -0.456 e. The third-order valence-corrected chi connectivity index (χ3v) is 12.5. The van der Waals surface area contributed by atoms with Crippen molar-refractivity contribution in [2.75, 3.05) is 0 Å². The third kappa shape index (κ3) is 7.10. The lowest BCUT2D eigenvalue weighted by Crippen LogP contribution is -1.98. The van der Waals surface area contributed by atoms with Gasteiger partial charge in [0.15, 0.2) is 0 Å². The standard InChI is InChI=1S/C58H38N8O4/c1-35-19-21-59-55(27-35)65-49-9-5-3-7-41(49)43-17-13-39(31-51(43)65)69-53-29-37(11-15-45(53)57-61-23-25-67-57)47-33-64-48(34-63-47)38-12-16-46(58-62-24-26-68-58)54(30-38)70-40-14-18-44-42-8-4-6-10-50(42)66(52(44)32-40)56-28-36(2)20-22-60-56/h3-34H,1-2H3. The number of aromatic nitrogens is 8. The highest BCUT2D eigenvalue weighted by atomic mass is 16.5. The van der Waals surface area contributed by atoms with Crippen molar-refractivity contribution in [1.29, 1.82) is 0 Å². The summed E-state index contributed by atoms with van der Waals surface area (Å²) in [5.74, 6) is 4.86. The van der Waals surface area contributed by atoms with Crippen molar-refractivity contribution in [3.8, 4) is 80.1 Å². The van der Waals surface area contributed by atoms with Crippen LogP contribution in [-0.2, 0) is 0 Å². The van der Waals surface area contributed by atoms with E-state index in [9.17, 15) is 0 Å². The van der Waals surface area contributed by atoms with Crippen molar-refractivity contribution in [2.24, 2.45) is 0 Å². The van der Waals surface area contributed by atoms with Gasteiger partial charge in [-0.05, 0) is 110 Å². The van der Waals surface area contributed by atoms with Gasteiger partial charge in [0.05, 0.1) is 69.4 Å². The molecule has 12 heteroatoms. The van der Waals surface area contributed by atoms with Crippen LogP contribution < -0.4 is 9.47 Å². The first-order valence-electron chi connectivity index (χ1n) is 22.7. The SMILES string of the molecule is Cc1ccnc(-n2c3ccccc3c3ccc(Oc4cc(-c5cnc(-c6ccc(-c7ncco7)c(Oc7ccc8c9ccccc9n(-c9cc(C)ccn9)c8c7)c6)cn5)ccc4-c4ncco4)cc32)c1. The van der Waals surface area contributed by atoms with Gasteiger partial charge in [0.2, 0.25) is 11.8 Å². The number of benzene rings is 6. The average molecular weight is 911 g/mol. The molecule has 334 valence electrons. The fourth-order valence-corrected chi connectivity index (χ4v) is 9.28. The van der Waals surface area contributed by atoms with Gasteiger partial charge in [-0.15, -0.1) is 0 Å². The molecule has 0 saturated heterocycles. The number of hydrogen-bond donors (Lipinski definition) is 0. The lowest BCUT2D eigenvalue weighted by molar-refractivity contribution is 0.480. The number of rotatable bonds is 10. The smallest absolute Gasteiger partial charge is 0.229 e. The van der Waals surface area contributed by atoms with Crippen LogP contribution in [-0.4, -0.2) is 39.0 Å². The van der Waals surface area contributed by atoms with Crippen LogP contribution in [0.15, 0.2) is 204 Å². The molecule has 0 N–H and O–H groups in total. The monoisotopic (exact) mass is 910 g/mol. The van der Waals surface area contributed by atoms with Crippen molar-refractivity contribution in [2.45, 2.75) is 13.8 Å². The highest BCUT2D eigenvalue weighted by Gasteiger charge is 2.20. The summed E-state index contributed by atoms with van der Waals surface area (Å²) in [6.07, 6.45) is 13.5. The molecule has 7 heterocycles. The maximum atomic E-state index is 6.77. The molecule has 7 aromatic heterocycles. The molecule has 13 rings (SSSR count). The molecule has 0 aliphatic carbocycles. The molecule has 0 fully saturated rings. The molecule has 0 atom stereocenters. The van der Waals surface area contributed by atoms with E-state index in [0.29, 0.717) is 57.3 Å². The van der Waals surface area contributed by atoms with Crippen LogP contribution in [0.25, 0.3) is 101 Å². The Hall–Kier alpha value is -9.68. The first kappa shape index (κ1) is 40.6. The number of fused-ring (bicyclic) bond motifs is 6. The summed E-state index contributed by atoms with van der Waals surface area (Å²) in [6, 6.07) is 48.8. The minimum atomic E-state index is 0.430. The molecule has 70 heavy (non-hydrogen) atoms. The second kappa shape index (κ2) is 16.6. The molecule has 0 radical (unpaired) electrons. The van der Waals surface area contributed by atoms with E-state index in [-0.39, 0.29) is 0 Å². The van der Waals surface area contributed by atoms with E-state index >= 15 is 0 Å². The van der Waals surface area contributed by atoms with Gasteiger partial charge < -0.3 is 18.3 Å². The van der Waals surface area contributed by atoms with E-state index in [1.165, 1.54) is 0 Å². The molecule has 0 aliphatic rings. The number of aryl methyl sites for hydroxylation is 2. The molecule has 0 unspecified atom stereocenters. The van der Waals surface area contributed by atoms with Crippen LogP contribution in [0.5, 0.6) is 23.0 Å². The summed E-state index contributed by atoms with van der Waals surface area (Å²) in [5, 5.41) is 4.43. The normalized spacial score (nSPS) is 11.6. The third-order valence-electron chi connectivity index (χ3n) is 12.5. The van der Waals surface area contributed by atoms with Crippen LogP contribution in [0, 0.1) is 13.8 Å². The van der Waals surface area contributed by atoms with Crippen LogP contribution in [0.1, 0.15) is 11.1 Å². The Kier molecular flexibility index (Phi) is 9.61. The van der Waals surface area contributed by atoms with Gasteiger partial charge in [0, 0.05) is 57.2 Å². The zero-order valence-corrected chi connectivity index (χ0v) is 37.7. The van der Waals surface area contributed by atoms with Gasteiger partial charge in [-0.3, -0.25) is 19.1 Å². The summed E-state index contributed by atoms with van der Waals surface area (Å²) in [7, 11) is 0. The molecule has 0 spiro atoms. The molecule has 0 bridgehead atoms. The second-order valence-electron chi connectivity index (χ2n) is 17.0. The fraction of sp³-hybridized carbons (Fsp3) is 0.0345. The highest BCUT2D eigenvalue weighted by molar-refractivity contribution is 6.10. The van der Waals surface area contributed by atoms with Crippen LogP contribution >= 0.6 is 0 Å². The van der Waals surface area contributed by atoms with E-state index in [1.807, 2.05) is 97.3 Å². The van der Waals surface area contributed by atoms with Crippen molar-refractivity contribution >= 4 is 43.6 Å². The number of para-hydroxylation sites is 2. The Bertz CT molecular complexity index is 3840. The Balaban J connectivity index is 0.846. The molecule has 0 aliphatic heterocycles. The van der Waals surface area contributed by atoms with Crippen molar-refractivity contribution in [3.05, 3.63) is 206 Å². The summed E-state index contributed by atoms with van der Waals surface area (Å²) in [5.41, 5.74) is 10.5. The summed E-state index contributed by atoms with van der Waals surface area (Å²) in [6.45, 7) is 4.14. The molecule has 13 aromatic rings. The van der Waals surface area contributed by atoms with Crippen molar-refractivity contribution in [1.82, 2.24) is 39.0 Å². The van der Waals surface area contributed by atoms with E-state index in [0.717, 1.165) is 77.5 Å². The summed E-state index contributed by atoms with van der Waals surface area (Å²) < 4.78 is 29.5. The lowest BCUT2D eigenvalue weighted by Gasteiger charge is -2.13. The summed E-state index contributed by atoms with van der Waals surface area (Å²) in [4.78, 5) is 28.3. The summed E-state index contributed by atoms with van der Waals surface area (Å²) >= 11 is 0. The van der Waals surface area contributed by atoms with E-state index in [2.05, 4.69) is 93.6 Å². The highest BCUT2D eigenvalue weighted by Crippen LogP contribution is 2.42. The predicted molar refractivity (Wildman–Crippen MR) is 271 cm³/mol. The molecular weight excluding hydrogens is 873 g/mol. The first-order chi connectivity index (χ1) is 34.5. The van der Waals surface area contributed by atoms with Gasteiger partial charge in [-0.25, -0.2) is 19.9 Å². The Labute approximate surface area is 399 Å². The quantitative estimate of drug-likeness (QED) is 0.131. The Morgan fingerprint density at radius 1 is 0.400 bits per heavy atom. The zero-order valence-electron chi connectivity index (χ0n) is 37.7. The van der Waals surface area contributed by atoms with Gasteiger partial charge in [-0.2, -0.15) is 0 Å². The topological polar surface area (TPSA) is 132 Å². The largest absolute Gasteiger partial charge is 0.456 e. The molecular formula is C58H38N8O4. The molecule has 12 nitrogen and oxygen atoms in total. The number of oxazole rings is 2. The van der Waals surface area contributed by atoms with E-state index in [4.69, 9.17) is 38.2 Å². The van der Waals surface area contributed by atoms with Gasteiger partial charge >= 0.3 is 0 Å². The number of pyridine rings is 2. The number of hydrogen-bond acceptors (Lipinski definition) is 10. The molecule has 6 aromatic carbocycles. The van der Waals surface area contributed by atoms with Crippen LogP contribution in [0.3, 0.4) is 0 Å². The lowest BCUT2D eigenvalue weighted by atomic mass is 10.1. The average Bonchev–Trinajstić information content (AvgIpc) is 4.23. The minimum absolute atomic E-state index is 0.430. The maximum Gasteiger partial charge on any atom is 0.229 e. The zero-order chi connectivity index (χ0) is 46.7. The Morgan fingerprint density at radius 2 is 0.857 bits per heavy atom. The molecule has 0 amide bonds. The second-order valence-corrected chi connectivity index (χ2v) is 17.0.